The van der Waals surface area contributed by atoms with Crippen molar-refractivity contribution >= 4 is 16.0 Å². The van der Waals surface area contributed by atoms with Crippen molar-refractivity contribution in [1.82, 2.24) is 14.9 Å². The molecule has 0 aromatic carbocycles. The van der Waals surface area contributed by atoms with E-state index < -0.39 is 26.6 Å². The second kappa shape index (κ2) is 5.47. The van der Waals surface area contributed by atoms with Crippen LogP contribution in [0.5, 0.6) is 0 Å². The van der Waals surface area contributed by atoms with Gasteiger partial charge in [-0.15, -0.1) is 12.3 Å². The molecule has 0 amide bonds. The number of nitrogens with zero attached hydrogens (tertiary/aromatic N) is 1. The number of H-pyrrole nitrogens is 1. The highest BCUT2D eigenvalue weighted by molar-refractivity contribution is 7.89. The predicted molar refractivity (Wildman–Crippen MR) is 58.8 cm³/mol. The van der Waals surface area contributed by atoms with Gasteiger partial charge in [0, 0.05) is 13.0 Å². The summed E-state index contributed by atoms with van der Waals surface area (Å²) >= 11 is 0. The Kier molecular flexibility index (Phi) is 4.25. The van der Waals surface area contributed by atoms with Crippen LogP contribution in [0.25, 0.3) is 0 Å². The van der Waals surface area contributed by atoms with Crippen molar-refractivity contribution < 1.29 is 18.3 Å². The highest BCUT2D eigenvalue weighted by Gasteiger charge is 2.24. The van der Waals surface area contributed by atoms with E-state index in [0.717, 1.165) is 6.20 Å². The molecular formula is C9H11N3O4S. The first-order valence-corrected chi connectivity index (χ1v) is 6.17. The van der Waals surface area contributed by atoms with Gasteiger partial charge in [-0.3, -0.25) is 5.10 Å². The van der Waals surface area contributed by atoms with Crippen molar-refractivity contribution in [3.63, 3.8) is 0 Å². The van der Waals surface area contributed by atoms with Gasteiger partial charge in [0.15, 0.2) is 5.03 Å². The van der Waals surface area contributed by atoms with Crippen LogP contribution in [0, 0.1) is 12.3 Å². The first kappa shape index (κ1) is 13.2. The van der Waals surface area contributed by atoms with Gasteiger partial charge < -0.3 is 5.11 Å². The van der Waals surface area contributed by atoms with Crippen LogP contribution < -0.4 is 4.72 Å². The van der Waals surface area contributed by atoms with Crippen molar-refractivity contribution in [2.75, 3.05) is 6.54 Å². The summed E-state index contributed by atoms with van der Waals surface area (Å²) in [6.07, 6.45) is 6.88. The summed E-state index contributed by atoms with van der Waals surface area (Å²) in [5.41, 5.74) is -0.394. The molecule has 17 heavy (non-hydrogen) atoms. The topological polar surface area (TPSA) is 112 Å². The van der Waals surface area contributed by atoms with Crippen molar-refractivity contribution in [2.45, 2.75) is 17.9 Å². The maximum absolute atomic E-state index is 11.7. The van der Waals surface area contributed by atoms with Gasteiger partial charge >= 0.3 is 5.97 Å². The smallest absolute Gasteiger partial charge is 0.340 e. The molecule has 0 fully saturated rings. The van der Waals surface area contributed by atoms with Gasteiger partial charge in [0.1, 0.15) is 5.56 Å². The Morgan fingerprint density at radius 2 is 2.35 bits per heavy atom. The minimum atomic E-state index is -3.89. The van der Waals surface area contributed by atoms with E-state index in [-0.39, 0.29) is 6.54 Å². The van der Waals surface area contributed by atoms with Gasteiger partial charge in [-0.1, -0.05) is 0 Å². The van der Waals surface area contributed by atoms with Crippen LogP contribution in [0.3, 0.4) is 0 Å². The molecule has 1 aromatic heterocycles. The van der Waals surface area contributed by atoms with E-state index in [1.807, 2.05) is 0 Å². The second-order valence-corrected chi connectivity index (χ2v) is 4.83. The molecule has 8 heteroatoms. The fourth-order valence-electron chi connectivity index (χ4n) is 1.10. The zero-order chi connectivity index (χ0) is 12.9. The molecule has 3 N–H and O–H groups in total. The highest BCUT2D eigenvalue weighted by Crippen LogP contribution is 2.11. The van der Waals surface area contributed by atoms with E-state index in [2.05, 4.69) is 20.8 Å². The molecule has 1 aromatic rings. The summed E-state index contributed by atoms with van der Waals surface area (Å²) < 4.78 is 25.6. The quantitative estimate of drug-likeness (QED) is 0.482. The Bertz CT molecular complexity index is 541. The van der Waals surface area contributed by atoms with E-state index in [0.29, 0.717) is 12.8 Å². The zero-order valence-electron chi connectivity index (χ0n) is 8.80. The van der Waals surface area contributed by atoms with E-state index in [4.69, 9.17) is 11.5 Å². The maximum Gasteiger partial charge on any atom is 0.340 e. The second-order valence-electron chi connectivity index (χ2n) is 3.12. The fraction of sp³-hybridized carbons (Fsp3) is 0.333. The first-order chi connectivity index (χ1) is 7.99. The molecule has 0 aliphatic rings. The van der Waals surface area contributed by atoms with Gasteiger partial charge in [-0.05, 0) is 6.42 Å². The molecule has 1 rings (SSSR count). The number of carboxylic acid groups (broad SMARTS) is 1. The number of unbranched alkanes of at least 4 members (excludes halogenated alkanes) is 1. The van der Waals surface area contributed by atoms with Crippen molar-refractivity contribution in [3.8, 4) is 12.3 Å². The lowest BCUT2D eigenvalue weighted by Gasteiger charge is -2.04. The number of aromatic amines is 1. The summed E-state index contributed by atoms with van der Waals surface area (Å²) in [5, 5.41) is 13.8. The minimum Gasteiger partial charge on any atom is -0.478 e. The number of aromatic nitrogens is 2. The summed E-state index contributed by atoms with van der Waals surface area (Å²) in [5.74, 6) is 1.01. The Morgan fingerprint density at radius 3 is 2.94 bits per heavy atom. The van der Waals surface area contributed by atoms with Crippen molar-refractivity contribution in [2.24, 2.45) is 0 Å². The van der Waals surface area contributed by atoms with E-state index >= 15 is 0 Å². The number of aromatic carboxylic acids is 1. The predicted octanol–water partition coefficient (Wildman–Crippen LogP) is -0.200. The summed E-state index contributed by atoms with van der Waals surface area (Å²) in [6.45, 7) is 0.143. The minimum absolute atomic E-state index is 0.143. The number of carbonyl (C=O) groups is 1. The van der Waals surface area contributed by atoms with Crippen molar-refractivity contribution in [3.05, 3.63) is 11.8 Å². The number of hydrogen-bond donors (Lipinski definition) is 3. The Labute approximate surface area is 98.3 Å². The molecule has 0 aliphatic heterocycles. The molecule has 1 heterocycles. The van der Waals surface area contributed by atoms with Crippen molar-refractivity contribution in [1.29, 1.82) is 0 Å². The lowest BCUT2D eigenvalue weighted by Crippen LogP contribution is -2.26. The molecule has 0 saturated carbocycles. The van der Waals surface area contributed by atoms with Crippen LogP contribution in [0.4, 0.5) is 0 Å². The van der Waals surface area contributed by atoms with Gasteiger partial charge in [0.05, 0.1) is 6.20 Å². The maximum atomic E-state index is 11.7. The lowest BCUT2D eigenvalue weighted by molar-refractivity contribution is 0.0692. The van der Waals surface area contributed by atoms with Crippen LogP contribution in [0.15, 0.2) is 11.2 Å². The van der Waals surface area contributed by atoms with Gasteiger partial charge in [-0.2, -0.15) is 5.10 Å². The first-order valence-electron chi connectivity index (χ1n) is 4.69. The number of hydrogen-bond acceptors (Lipinski definition) is 4. The Morgan fingerprint density at radius 1 is 1.65 bits per heavy atom. The molecular weight excluding hydrogens is 246 g/mol. The fourth-order valence-corrected chi connectivity index (χ4v) is 2.26. The van der Waals surface area contributed by atoms with E-state index in [1.165, 1.54) is 0 Å². The third-order valence-corrected chi connectivity index (χ3v) is 3.33. The number of rotatable bonds is 6. The lowest BCUT2D eigenvalue weighted by atomic mass is 10.3. The number of carboxylic acids is 1. The molecule has 0 radical (unpaired) electrons. The normalized spacial score (nSPS) is 11.0. The summed E-state index contributed by atoms with van der Waals surface area (Å²) in [6, 6.07) is 0. The molecule has 0 unspecified atom stereocenters. The molecule has 0 spiro atoms. The zero-order valence-corrected chi connectivity index (χ0v) is 9.62. The third-order valence-electron chi connectivity index (χ3n) is 1.89. The largest absolute Gasteiger partial charge is 0.478 e. The van der Waals surface area contributed by atoms with Crippen LogP contribution >= 0.6 is 0 Å². The highest BCUT2D eigenvalue weighted by atomic mass is 32.2. The molecule has 7 nitrogen and oxygen atoms in total. The molecule has 0 saturated heterocycles. The van der Waals surface area contributed by atoms with E-state index in [9.17, 15) is 13.2 Å². The average molecular weight is 257 g/mol. The monoisotopic (exact) mass is 257 g/mol. The van der Waals surface area contributed by atoms with Crippen LogP contribution in [-0.2, 0) is 10.0 Å². The Hall–Kier alpha value is -1.85. The summed E-state index contributed by atoms with van der Waals surface area (Å²) in [7, 11) is -3.89. The summed E-state index contributed by atoms with van der Waals surface area (Å²) in [4.78, 5) is 10.7. The number of terminal acetylenes is 1. The van der Waals surface area contributed by atoms with Crippen LogP contribution in [0.1, 0.15) is 23.2 Å². The molecule has 92 valence electrons. The standard InChI is InChI=1S/C9H11N3O4S/c1-2-3-4-5-11-17(15,16)8-7(9(13)14)6-10-12-8/h1,6,11H,3-5H2,(H,10,12)(H,13,14). The number of nitrogens with one attached hydrogen (secondary N) is 2. The van der Waals surface area contributed by atoms with Crippen LogP contribution in [-0.4, -0.2) is 36.2 Å². The SMILES string of the molecule is C#CCCCNS(=O)(=O)c1[nH]ncc1C(=O)O. The molecule has 0 aliphatic carbocycles. The third kappa shape index (κ3) is 3.30. The molecule has 0 atom stereocenters. The number of sulfonamides is 1. The Balaban J connectivity index is 2.80. The molecule has 0 bridgehead atoms. The van der Waals surface area contributed by atoms with Gasteiger partial charge in [0.2, 0.25) is 0 Å². The van der Waals surface area contributed by atoms with E-state index in [1.54, 1.807) is 0 Å². The van der Waals surface area contributed by atoms with Crippen LogP contribution in [0.2, 0.25) is 0 Å². The van der Waals surface area contributed by atoms with Gasteiger partial charge in [0.25, 0.3) is 10.0 Å². The van der Waals surface area contributed by atoms with Gasteiger partial charge in [-0.25, -0.2) is 17.9 Å². The average Bonchev–Trinajstić information content (AvgIpc) is 2.74.